The first kappa shape index (κ1) is 12.8. The summed E-state index contributed by atoms with van der Waals surface area (Å²) in [5.74, 6) is -1.07. The molecule has 1 aromatic heterocycles. The predicted octanol–water partition coefficient (Wildman–Crippen LogP) is 1.75. The van der Waals surface area contributed by atoms with Crippen LogP contribution in [0.5, 0.6) is 0 Å². The second-order valence-electron chi connectivity index (χ2n) is 4.21. The molecule has 0 radical (unpaired) electrons. The molecule has 0 bridgehead atoms. The normalized spacial score (nSPS) is 17.0. The van der Waals surface area contributed by atoms with Crippen molar-refractivity contribution in [2.24, 2.45) is 0 Å². The lowest BCUT2D eigenvalue weighted by atomic mass is 10.0. The minimum Gasteiger partial charge on any atom is -0.341 e. The van der Waals surface area contributed by atoms with Crippen molar-refractivity contribution < 1.29 is 4.79 Å². The average Bonchev–Trinajstić information content (AvgIpc) is 2.40. The highest BCUT2D eigenvalue weighted by molar-refractivity contribution is 6.29. The third kappa shape index (κ3) is 2.77. The van der Waals surface area contributed by atoms with Crippen molar-refractivity contribution in [2.45, 2.75) is 25.2 Å². The number of nitrogens with zero attached hydrogens (tertiary/aromatic N) is 4. The second-order valence-corrected chi connectivity index (χ2v) is 4.60. The average molecular weight is 265 g/mol. The predicted molar refractivity (Wildman–Crippen MR) is 65.8 cm³/mol. The van der Waals surface area contributed by atoms with Crippen molar-refractivity contribution in [1.82, 2.24) is 14.9 Å². The van der Waals surface area contributed by atoms with E-state index in [4.69, 9.17) is 11.6 Å². The number of likely N-dealkylation sites (tertiary alicyclic amines) is 1. The lowest BCUT2D eigenvalue weighted by Gasteiger charge is -2.28. The summed E-state index contributed by atoms with van der Waals surface area (Å²) < 4.78 is 0. The lowest BCUT2D eigenvalue weighted by Crippen LogP contribution is -2.38. The van der Waals surface area contributed by atoms with Crippen LogP contribution >= 0.6 is 11.6 Å². The zero-order valence-electron chi connectivity index (χ0n) is 9.84. The van der Waals surface area contributed by atoms with Crippen LogP contribution in [0.2, 0.25) is 5.15 Å². The number of halogens is 1. The monoisotopic (exact) mass is 264 g/mol. The van der Waals surface area contributed by atoms with Crippen molar-refractivity contribution in [2.75, 3.05) is 13.1 Å². The Morgan fingerprint density at radius 3 is 2.72 bits per heavy atom. The molecule has 94 valence electrons. The number of piperidine rings is 1. The first-order chi connectivity index (χ1) is 8.72. The molecule has 1 amide bonds. The standard InChI is InChI=1S/C12H13ClN4O/c13-11-6-10(15-8-16-11)9(7-14)12(18)17-4-2-1-3-5-17/h6,8-9H,1-5H2/t9-/m1/s1. The van der Waals surface area contributed by atoms with Crippen LogP contribution < -0.4 is 0 Å². The minimum absolute atomic E-state index is 0.188. The van der Waals surface area contributed by atoms with Gasteiger partial charge in [0, 0.05) is 13.1 Å². The number of aromatic nitrogens is 2. The van der Waals surface area contributed by atoms with Crippen LogP contribution in [0.25, 0.3) is 0 Å². The smallest absolute Gasteiger partial charge is 0.246 e. The molecule has 0 aliphatic carbocycles. The van der Waals surface area contributed by atoms with E-state index in [2.05, 4.69) is 9.97 Å². The third-order valence-electron chi connectivity index (χ3n) is 2.99. The van der Waals surface area contributed by atoms with Gasteiger partial charge in [-0.15, -0.1) is 0 Å². The molecule has 0 unspecified atom stereocenters. The second kappa shape index (κ2) is 5.78. The number of nitriles is 1. The van der Waals surface area contributed by atoms with Crippen LogP contribution in [0, 0.1) is 11.3 Å². The molecular formula is C12H13ClN4O. The molecule has 18 heavy (non-hydrogen) atoms. The largest absolute Gasteiger partial charge is 0.341 e. The Kier molecular flexibility index (Phi) is 4.11. The Hall–Kier alpha value is -1.67. The van der Waals surface area contributed by atoms with Crippen LogP contribution in [0.1, 0.15) is 30.9 Å². The molecule has 1 aliphatic heterocycles. The van der Waals surface area contributed by atoms with Crippen molar-refractivity contribution in [3.05, 3.63) is 23.2 Å². The topological polar surface area (TPSA) is 69.9 Å². The van der Waals surface area contributed by atoms with E-state index >= 15 is 0 Å². The van der Waals surface area contributed by atoms with Gasteiger partial charge in [0.25, 0.3) is 0 Å². The van der Waals surface area contributed by atoms with Gasteiger partial charge in [-0.25, -0.2) is 9.97 Å². The van der Waals surface area contributed by atoms with Gasteiger partial charge in [-0.05, 0) is 25.3 Å². The number of hydrogen-bond donors (Lipinski definition) is 0. The first-order valence-corrected chi connectivity index (χ1v) is 6.26. The van der Waals surface area contributed by atoms with Gasteiger partial charge in [-0.1, -0.05) is 11.6 Å². The molecule has 2 rings (SSSR count). The van der Waals surface area contributed by atoms with E-state index in [0.717, 1.165) is 32.4 Å². The summed E-state index contributed by atoms with van der Waals surface area (Å²) >= 11 is 5.75. The maximum atomic E-state index is 12.2. The molecule has 5 nitrogen and oxygen atoms in total. The minimum atomic E-state index is -0.886. The van der Waals surface area contributed by atoms with Gasteiger partial charge in [0.05, 0.1) is 11.8 Å². The number of hydrogen-bond acceptors (Lipinski definition) is 4. The fourth-order valence-corrected chi connectivity index (χ4v) is 2.21. The summed E-state index contributed by atoms with van der Waals surface area (Å²) in [6.45, 7) is 1.44. The maximum Gasteiger partial charge on any atom is 0.246 e. The molecule has 0 saturated carbocycles. The van der Waals surface area contributed by atoms with E-state index in [-0.39, 0.29) is 11.1 Å². The molecule has 0 aromatic carbocycles. The highest BCUT2D eigenvalue weighted by Gasteiger charge is 2.28. The lowest BCUT2D eigenvalue weighted by molar-refractivity contribution is -0.132. The Bertz CT molecular complexity index is 479. The molecule has 1 saturated heterocycles. The Balaban J connectivity index is 2.18. The SMILES string of the molecule is N#C[C@@H](C(=O)N1CCCCC1)c1cc(Cl)ncn1. The molecule has 2 heterocycles. The molecule has 6 heteroatoms. The van der Waals surface area contributed by atoms with Gasteiger partial charge >= 0.3 is 0 Å². The van der Waals surface area contributed by atoms with E-state index in [0.29, 0.717) is 5.69 Å². The Morgan fingerprint density at radius 2 is 2.11 bits per heavy atom. The van der Waals surface area contributed by atoms with Crippen molar-refractivity contribution in [1.29, 1.82) is 5.26 Å². The molecule has 1 aliphatic rings. The summed E-state index contributed by atoms with van der Waals surface area (Å²) in [5, 5.41) is 9.41. The zero-order chi connectivity index (χ0) is 13.0. The zero-order valence-corrected chi connectivity index (χ0v) is 10.6. The quantitative estimate of drug-likeness (QED) is 0.763. The van der Waals surface area contributed by atoms with Gasteiger partial charge in [0.1, 0.15) is 11.5 Å². The first-order valence-electron chi connectivity index (χ1n) is 5.88. The Morgan fingerprint density at radius 1 is 1.39 bits per heavy atom. The molecule has 0 spiro atoms. The maximum absolute atomic E-state index is 12.2. The van der Waals surface area contributed by atoms with E-state index < -0.39 is 5.92 Å². The van der Waals surface area contributed by atoms with E-state index in [1.165, 1.54) is 12.4 Å². The van der Waals surface area contributed by atoms with Crippen LogP contribution in [0.15, 0.2) is 12.4 Å². The van der Waals surface area contributed by atoms with Gasteiger partial charge in [-0.2, -0.15) is 5.26 Å². The van der Waals surface area contributed by atoms with E-state index in [9.17, 15) is 10.1 Å². The Labute approximate surface area is 110 Å². The van der Waals surface area contributed by atoms with E-state index in [1.54, 1.807) is 4.90 Å². The molecule has 1 fully saturated rings. The summed E-state index contributed by atoms with van der Waals surface area (Å²) in [7, 11) is 0. The van der Waals surface area contributed by atoms with Gasteiger partial charge in [-0.3, -0.25) is 4.79 Å². The van der Waals surface area contributed by atoms with Crippen LogP contribution in [-0.2, 0) is 4.79 Å². The molecule has 0 N–H and O–H groups in total. The van der Waals surface area contributed by atoms with Gasteiger partial charge in [0.2, 0.25) is 5.91 Å². The number of carbonyl (C=O) groups excluding carboxylic acids is 1. The van der Waals surface area contributed by atoms with Gasteiger partial charge < -0.3 is 4.90 Å². The molecular weight excluding hydrogens is 252 g/mol. The summed E-state index contributed by atoms with van der Waals surface area (Å²) in [4.78, 5) is 21.7. The van der Waals surface area contributed by atoms with Crippen molar-refractivity contribution >= 4 is 17.5 Å². The molecule has 1 aromatic rings. The van der Waals surface area contributed by atoms with Crippen molar-refractivity contribution in [3.8, 4) is 6.07 Å². The summed E-state index contributed by atoms with van der Waals surface area (Å²) in [6, 6.07) is 3.47. The summed E-state index contributed by atoms with van der Waals surface area (Å²) in [6.07, 6.45) is 4.40. The number of carbonyl (C=O) groups is 1. The highest BCUT2D eigenvalue weighted by Crippen LogP contribution is 2.20. The van der Waals surface area contributed by atoms with Crippen LogP contribution in [-0.4, -0.2) is 33.9 Å². The summed E-state index contributed by atoms with van der Waals surface area (Å²) in [5.41, 5.74) is 0.369. The van der Waals surface area contributed by atoms with Crippen LogP contribution in [0.3, 0.4) is 0 Å². The number of amides is 1. The van der Waals surface area contributed by atoms with E-state index in [1.807, 2.05) is 6.07 Å². The van der Waals surface area contributed by atoms with Gasteiger partial charge in [0.15, 0.2) is 5.92 Å². The highest BCUT2D eigenvalue weighted by atomic mass is 35.5. The molecule has 1 atom stereocenters. The number of rotatable bonds is 2. The third-order valence-corrected chi connectivity index (χ3v) is 3.20. The van der Waals surface area contributed by atoms with Crippen molar-refractivity contribution in [3.63, 3.8) is 0 Å². The fourth-order valence-electron chi connectivity index (χ4n) is 2.05. The van der Waals surface area contributed by atoms with Crippen LogP contribution in [0.4, 0.5) is 0 Å². The fraction of sp³-hybridized carbons (Fsp3) is 0.500.